The Balaban J connectivity index is 1.54. The van der Waals surface area contributed by atoms with Gasteiger partial charge in [0.25, 0.3) is 0 Å². The summed E-state index contributed by atoms with van der Waals surface area (Å²) in [7, 11) is 0. The summed E-state index contributed by atoms with van der Waals surface area (Å²) in [5.41, 5.74) is 0.758. The van der Waals surface area contributed by atoms with E-state index in [1.807, 2.05) is 4.68 Å². The van der Waals surface area contributed by atoms with Crippen molar-refractivity contribution >= 4 is 0 Å². The number of hydrogen-bond donors (Lipinski definition) is 0. The molecule has 26 heavy (non-hydrogen) atoms. The van der Waals surface area contributed by atoms with Gasteiger partial charge in [-0.15, -0.1) is 0 Å². The van der Waals surface area contributed by atoms with Gasteiger partial charge in [-0.2, -0.15) is 5.10 Å². The normalized spacial score (nSPS) is 21.4. The van der Waals surface area contributed by atoms with Gasteiger partial charge < -0.3 is 9.47 Å². The van der Waals surface area contributed by atoms with E-state index in [-0.39, 0.29) is 6.04 Å². The van der Waals surface area contributed by atoms with Crippen LogP contribution in [0.2, 0.25) is 0 Å². The molecule has 4 rings (SSSR count). The molecule has 5 nitrogen and oxygen atoms in total. The average molecular weight is 363 g/mol. The summed E-state index contributed by atoms with van der Waals surface area (Å²) in [4.78, 5) is 4.81. The van der Waals surface area contributed by atoms with Crippen LogP contribution in [0.25, 0.3) is 0 Å². The lowest BCUT2D eigenvalue weighted by atomic mass is 10.00. The van der Waals surface area contributed by atoms with Crippen LogP contribution in [0, 0.1) is 11.6 Å². The zero-order chi connectivity index (χ0) is 17.9. The monoisotopic (exact) mass is 363 g/mol. The number of aromatic nitrogens is 3. The first-order valence-electron chi connectivity index (χ1n) is 9.25. The van der Waals surface area contributed by atoms with Gasteiger partial charge in [-0.1, -0.05) is 6.07 Å². The van der Waals surface area contributed by atoms with Gasteiger partial charge in [0, 0.05) is 32.2 Å². The van der Waals surface area contributed by atoms with Crippen LogP contribution in [-0.4, -0.2) is 41.2 Å². The fraction of sp³-hybridized carbons (Fsp3) is 0.579. The van der Waals surface area contributed by atoms with Gasteiger partial charge in [0.15, 0.2) is 17.5 Å². The third-order valence-corrected chi connectivity index (χ3v) is 5.18. The van der Waals surface area contributed by atoms with E-state index in [9.17, 15) is 8.78 Å². The molecule has 1 atom stereocenters. The minimum absolute atomic E-state index is 0.205. The predicted molar refractivity (Wildman–Crippen MR) is 91.1 cm³/mol. The van der Waals surface area contributed by atoms with Crippen molar-refractivity contribution in [2.24, 2.45) is 0 Å². The molecule has 2 aliphatic heterocycles. The summed E-state index contributed by atoms with van der Waals surface area (Å²) in [5, 5.41) is 4.80. The summed E-state index contributed by atoms with van der Waals surface area (Å²) < 4.78 is 39.5. The van der Waals surface area contributed by atoms with Crippen molar-refractivity contribution in [3.05, 3.63) is 47.0 Å². The highest BCUT2D eigenvalue weighted by Crippen LogP contribution is 2.27. The quantitative estimate of drug-likeness (QED) is 0.819. The molecule has 0 amide bonds. The standard InChI is InChI=1S/C19H23F2N3O2/c20-16-3-1-13(11-17(16)21)2-4-18-22-19(14-5-8-25-9-6-14)23-24(18)15-7-10-26-12-15/h1,3,11,14-15H,2,4-10,12H2. The molecule has 0 aliphatic carbocycles. The molecule has 1 unspecified atom stereocenters. The SMILES string of the molecule is Fc1ccc(CCc2nc(C3CCOCC3)nn2C2CCOC2)cc1F. The molecule has 140 valence electrons. The molecule has 3 heterocycles. The third kappa shape index (κ3) is 3.78. The Hall–Kier alpha value is -1.86. The minimum Gasteiger partial charge on any atom is -0.381 e. The summed E-state index contributed by atoms with van der Waals surface area (Å²) in [6.45, 7) is 2.88. The van der Waals surface area contributed by atoms with Gasteiger partial charge >= 0.3 is 0 Å². The van der Waals surface area contributed by atoms with Crippen LogP contribution in [0.4, 0.5) is 8.78 Å². The second-order valence-electron chi connectivity index (χ2n) is 6.98. The maximum Gasteiger partial charge on any atom is 0.159 e. The molecule has 2 fully saturated rings. The van der Waals surface area contributed by atoms with Crippen molar-refractivity contribution in [1.29, 1.82) is 0 Å². The summed E-state index contributed by atoms with van der Waals surface area (Å²) in [5.74, 6) is 0.472. The molecule has 2 aliphatic rings. The largest absolute Gasteiger partial charge is 0.381 e. The summed E-state index contributed by atoms with van der Waals surface area (Å²) in [6, 6.07) is 4.26. The lowest BCUT2D eigenvalue weighted by Crippen LogP contribution is -2.17. The van der Waals surface area contributed by atoms with Crippen molar-refractivity contribution in [3.63, 3.8) is 0 Å². The Kier molecular flexibility index (Phi) is 5.26. The molecular weight excluding hydrogens is 340 g/mol. The Morgan fingerprint density at radius 2 is 1.81 bits per heavy atom. The van der Waals surface area contributed by atoms with Crippen molar-refractivity contribution in [2.45, 2.75) is 44.1 Å². The molecule has 0 bridgehead atoms. The lowest BCUT2D eigenvalue weighted by molar-refractivity contribution is 0.0834. The van der Waals surface area contributed by atoms with Gasteiger partial charge in [0.2, 0.25) is 0 Å². The van der Waals surface area contributed by atoms with Crippen molar-refractivity contribution in [2.75, 3.05) is 26.4 Å². The van der Waals surface area contributed by atoms with E-state index >= 15 is 0 Å². The molecule has 0 spiro atoms. The van der Waals surface area contributed by atoms with Gasteiger partial charge in [0.1, 0.15) is 5.82 Å². The van der Waals surface area contributed by atoms with Crippen LogP contribution in [0.15, 0.2) is 18.2 Å². The number of halogens is 2. The van der Waals surface area contributed by atoms with Crippen LogP contribution in [-0.2, 0) is 22.3 Å². The molecule has 0 N–H and O–H groups in total. The number of benzene rings is 1. The summed E-state index contributed by atoms with van der Waals surface area (Å²) in [6.07, 6.45) is 4.03. The van der Waals surface area contributed by atoms with Crippen LogP contribution in [0.1, 0.15) is 48.4 Å². The predicted octanol–water partition coefficient (Wildman–Crippen LogP) is 3.20. The maximum atomic E-state index is 13.4. The van der Waals surface area contributed by atoms with Crippen molar-refractivity contribution in [1.82, 2.24) is 14.8 Å². The van der Waals surface area contributed by atoms with Crippen LogP contribution in [0.3, 0.4) is 0 Å². The molecule has 2 saturated heterocycles. The Bertz CT molecular complexity index is 753. The van der Waals surface area contributed by atoms with Crippen molar-refractivity contribution < 1.29 is 18.3 Å². The van der Waals surface area contributed by atoms with E-state index in [0.29, 0.717) is 25.4 Å². The molecule has 1 aromatic carbocycles. The first kappa shape index (κ1) is 17.5. The van der Waals surface area contributed by atoms with Crippen LogP contribution < -0.4 is 0 Å². The summed E-state index contributed by atoms with van der Waals surface area (Å²) >= 11 is 0. The molecule has 2 aromatic rings. The highest BCUT2D eigenvalue weighted by Gasteiger charge is 2.26. The zero-order valence-corrected chi connectivity index (χ0v) is 14.7. The van der Waals surface area contributed by atoms with Gasteiger partial charge in [-0.25, -0.2) is 18.4 Å². The van der Waals surface area contributed by atoms with Gasteiger partial charge in [-0.05, 0) is 43.4 Å². The number of hydrogen-bond acceptors (Lipinski definition) is 4. The number of nitrogens with zero attached hydrogens (tertiary/aromatic N) is 3. The zero-order valence-electron chi connectivity index (χ0n) is 14.7. The van der Waals surface area contributed by atoms with E-state index in [2.05, 4.69) is 0 Å². The molecule has 1 aromatic heterocycles. The fourth-order valence-electron chi connectivity index (χ4n) is 3.63. The second kappa shape index (κ2) is 7.80. The third-order valence-electron chi connectivity index (χ3n) is 5.18. The fourth-order valence-corrected chi connectivity index (χ4v) is 3.63. The van der Waals surface area contributed by atoms with Crippen LogP contribution in [0.5, 0.6) is 0 Å². The minimum atomic E-state index is -0.818. The molecule has 7 heteroatoms. The second-order valence-corrected chi connectivity index (χ2v) is 6.98. The highest BCUT2D eigenvalue weighted by atomic mass is 19.2. The lowest BCUT2D eigenvalue weighted by Gasteiger charge is -2.19. The smallest absolute Gasteiger partial charge is 0.159 e. The van der Waals surface area contributed by atoms with Gasteiger partial charge in [0.05, 0.1) is 12.6 Å². The highest BCUT2D eigenvalue weighted by molar-refractivity contribution is 5.18. The number of ether oxygens (including phenoxy) is 2. The van der Waals surface area contributed by atoms with E-state index in [1.54, 1.807) is 6.07 Å². The van der Waals surface area contributed by atoms with E-state index < -0.39 is 11.6 Å². The van der Waals surface area contributed by atoms with E-state index in [1.165, 1.54) is 12.1 Å². The first-order chi connectivity index (χ1) is 12.7. The molecule has 0 radical (unpaired) electrons. The van der Waals surface area contributed by atoms with Gasteiger partial charge in [-0.3, -0.25) is 0 Å². The number of rotatable bonds is 5. The maximum absolute atomic E-state index is 13.4. The number of aryl methyl sites for hydroxylation is 2. The topological polar surface area (TPSA) is 49.2 Å². The molecule has 0 saturated carbocycles. The van der Waals surface area contributed by atoms with E-state index in [0.717, 1.165) is 56.3 Å². The van der Waals surface area contributed by atoms with E-state index in [4.69, 9.17) is 19.6 Å². The average Bonchev–Trinajstić information content (AvgIpc) is 3.33. The van der Waals surface area contributed by atoms with Crippen molar-refractivity contribution in [3.8, 4) is 0 Å². The Morgan fingerprint density at radius 1 is 1.00 bits per heavy atom. The Morgan fingerprint density at radius 3 is 2.54 bits per heavy atom. The molecular formula is C19H23F2N3O2. The first-order valence-corrected chi connectivity index (χ1v) is 9.25. The Labute approximate surface area is 151 Å². The van der Waals surface area contributed by atoms with Crippen LogP contribution >= 0.6 is 0 Å².